The Labute approximate surface area is 150 Å². The van der Waals surface area contributed by atoms with Gasteiger partial charge in [-0.25, -0.2) is 9.67 Å². The van der Waals surface area contributed by atoms with Crippen molar-refractivity contribution in [3.8, 4) is 11.8 Å². The minimum Gasteiger partial charge on any atom is -0.415 e. The first-order chi connectivity index (χ1) is 12.7. The van der Waals surface area contributed by atoms with Gasteiger partial charge < -0.3 is 14.7 Å². The number of rotatable bonds is 4. The van der Waals surface area contributed by atoms with Crippen LogP contribution in [0.2, 0.25) is 0 Å². The summed E-state index contributed by atoms with van der Waals surface area (Å²) in [5, 5.41) is 24.4. The molecule has 13 heteroatoms. The summed E-state index contributed by atoms with van der Waals surface area (Å²) < 4.78 is 44.4. The van der Waals surface area contributed by atoms with E-state index in [0.717, 1.165) is 11.0 Å². The normalized spacial score (nSPS) is 15.8. The highest BCUT2D eigenvalue weighted by molar-refractivity contribution is 5.63. The molecule has 0 saturated carbocycles. The van der Waals surface area contributed by atoms with Crippen LogP contribution in [0.1, 0.15) is 18.5 Å². The van der Waals surface area contributed by atoms with Crippen LogP contribution < -0.4 is 9.64 Å². The second kappa shape index (κ2) is 6.98. The predicted molar refractivity (Wildman–Crippen MR) is 84.4 cm³/mol. The average molecular weight is 388 g/mol. The van der Waals surface area contributed by atoms with Gasteiger partial charge in [-0.1, -0.05) is 0 Å². The van der Waals surface area contributed by atoms with Crippen molar-refractivity contribution in [2.24, 2.45) is 7.05 Å². The van der Waals surface area contributed by atoms with Crippen LogP contribution in [0.25, 0.3) is 0 Å². The fourth-order valence-electron chi connectivity index (χ4n) is 2.68. The molecule has 2 aromatic heterocycles. The van der Waals surface area contributed by atoms with Crippen molar-refractivity contribution in [2.75, 3.05) is 18.0 Å². The monoisotopic (exact) mass is 388 g/mol. The second-order valence-corrected chi connectivity index (χ2v) is 5.92. The Morgan fingerprint density at radius 3 is 2.56 bits per heavy atom. The van der Waals surface area contributed by atoms with Crippen molar-refractivity contribution >= 4 is 11.5 Å². The Morgan fingerprint density at radius 2 is 2.00 bits per heavy atom. The summed E-state index contributed by atoms with van der Waals surface area (Å²) >= 11 is 0. The lowest BCUT2D eigenvalue weighted by Gasteiger charge is -2.29. The van der Waals surface area contributed by atoms with Crippen molar-refractivity contribution in [3.05, 3.63) is 28.2 Å². The molecule has 0 atom stereocenters. The Morgan fingerprint density at radius 1 is 1.33 bits per heavy atom. The maximum absolute atomic E-state index is 12.8. The van der Waals surface area contributed by atoms with Gasteiger partial charge in [-0.15, -0.1) is 0 Å². The molecule has 0 unspecified atom stereocenters. The number of nitrogens with zero attached hydrogens (tertiary/aromatic N) is 6. The van der Waals surface area contributed by atoms with Gasteiger partial charge in [-0.05, 0) is 12.8 Å². The third kappa shape index (κ3) is 3.92. The molecule has 1 saturated heterocycles. The van der Waals surface area contributed by atoms with Crippen LogP contribution in [0.4, 0.5) is 24.7 Å². The average Bonchev–Trinajstić information content (AvgIpc) is 2.96. The van der Waals surface area contributed by atoms with E-state index in [2.05, 4.69) is 15.1 Å². The molecule has 2 aromatic rings. The molecule has 10 nitrogen and oxygen atoms in total. The number of nitro groups is 1. The molecule has 3 rings (SSSR count). The standard InChI is InChI=1S/C14H15F3N6O4/c1-21-10(6-9(20-21)14(15,16)17)27-13-11(23(25)26)12(18-7-19-13)22-4-2-8(24)3-5-22/h6-8,24H,2-5H2,1H3. The van der Waals surface area contributed by atoms with Crippen molar-refractivity contribution in [1.29, 1.82) is 0 Å². The van der Waals surface area contributed by atoms with Gasteiger partial charge in [0.25, 0.3) is 0 Å². The fraction of sp³-hybridized carbons (Fsp3) is 0.500. The number of halogens is 3. The highest BCUT2D eigenvalue weighted by Crippen LogP contribution is 2.38. The highest BCUT2D eigenvalue weighted by atomic mass is 19.4. The number of ether oxygens (including phenoxy) is 1. The zero-order valence-corrected chi connectivity index (χ0v) is 14.0. The molecule has 1 fully saturated rings. The minimum atomic E-state index is -4.68. The van der Waals surface area contributed by atoms with E-state index in [1.54, 1.807) is 4.90 Å². The van der Waals surface area contributed by atoms with Gasteiger partial charge in [0.15, 0.2) is 5.69 Å². The van der Waals surface area contributed by atoms with E-state index in [9.17, 15) is 28.4 Å². The number of hydrogen-bond acceptors (Lipinski definition) is 8. The van der Waals surface area contributed by atoms with E-state index >= 15 is 0 Å². The van der Waals surface area contributed by atoms with Gasteiger partial charge in [-0.3, -0.25) is 10.1 Å². The molecule has 0 amide bonds. The van der Waals surface area contributed by atoms with E-state index in [1.807, 2.05) is 0 Å². The summed E-state index contributed by atoms with van der Waals surface area (Å²) in [5.41, 5.74) is -1.76. The SMILES string of the molecule is Cn1nc(C(F)(F)F)cc1Oc1ncnc(N2CCC(O)CC2)c1[N+](=O)[O-]. The first-order valence-electron chi connectivity index (χ1n) is 7.88. The van der Waals surface area contributed by atoms with Crippen LogP contribution in [0.15, 0.2) is 12.4 Å². The number of aliphatic hydroxyl groups excluding tert-OH is 1. The molecule has 1 N–H and O–H groups in total. The van der Waals surface area contributed by atoms with Gasteiger partial charge in [0.1, 0.15) is 6.33 Å². The van der Waals surface area contributed by atoms with Crippen molar-refractivity contribution in [2.45, 2.75) is 25.1 Å². The molecular formula is C14H15F3N6O4. The lowest BCUT2D eigenvalue weighted by molar-refractivity contribution is -0.385. The largest absolute Gasteiger partial charge is 0.435 e. The molecular weight excluding hydrogens is 373 g/mol. The Balaban J connectivity index is 1.96. The van der Waals surface area contributed by atoms with Crippen LogP contribution >= 0.6 is 0 Å². The van der Waals surface area contributed by atoms with Crippen molar-refractivity contribution in [1.82, 2.24) is 19.7 Å². The van der Waals surface area contributed by atoms with Crippen LogP contribution in [0.3, 0.4) is 0 Å². The van der Waals surface area contributed by atoms with E-state index in [1.165, 1.54) is 7.05 Å². The number of hydrogen-bond donors (Lipinski definition) is 1. The fourth-order valence-corrected chi connectivity index (χ4v) is 2.68. The topological polar surface area (TPSA) is 119 Å². The zero-order valence-electron chi connectivity index (χ0n) is 14.0. The molecule has 3 heterocycles. The minimum absolute atomic E-state index is 0.0184. The van der Waals surface area contributed by atoms with Crippen LogP contribution in [0, 0.1) is 10.1 Å². The van der Waals surface area contributed by atoms with Gasteiger partial charge >= 0.3 is 17.7 Å². The summed E-state index contributed by atoms with van der Waals surface area (Å²) in [7, 11) is 1.21. The molecule has 0 spiro atoms. The maximum atomic E-state index is 12.8. The number of anilines is 1. The first-order valence-corrected chi connectivity index (χ1v) is 7.88. The van der Waals surface area contributed by atoms with E-state index < -0.39 is 34.5 Å². The molecule has 0 bridgehead atoms. The van der Waals surface area contributed by atoms with Crippen molar-refractivity contribution < 1.29 is 27.9 Å². The Bertz CT molecular complexity index is 848. The molecule has 0 aliphatic carbocycles. The summed E-state index contributed by atoms with van der Waals surface area (Å²) in [6.07, 6.45) is -3.32. The zero-order chi connectivity index (χ0) is 19.8. The van der Waals surface area contributed by atoms with Gasteiger partial charge in [0, 0.05) is 26.2 Å². The lowest BCUT2D eigenvalue weighted by Crippen LogP contribution is -2.36. The number of aliphatic hydroxyl groups is 1. The summed E-state index contributed by atoms with van der Waals surface area (Å²) in [5.74, 6) is -0.868. The molecule has 146 valence electrons. The van der Waals surface area contributed by atoms with Crippen LogP contribution in [0.5, 0.6) is 11.8 Å². The second-order valence-electron chi connectivity index (χ2n) is 5.92. The molecule has 1 aliphatic heterocycles. The van der Waals surface area contributed by atoms with E-state index in [4.69, 9.17) is 4.74 Å². The molecule has 27 heavy (non-hydrogen) atoms. The van der Waals surface area contributed by atoms with E-state index in [-0.39, 0.29) is 11.7 Å². The quantitative estimate of drug-likeness (QED) is 0.623. The molecule has 0 radical (unpaired) electrons. The van der Waals surface area contributed by atoms with Gasteiger partial charge in [0.05, 0.1) is 11.0 Å². The lowest BCUT2D eigenvalue weighted by atomic mass is 10.1. The summed E-state index contributed by atoms with van der Waals surface area (Å²) in [6.45, 7) is 0.671. The highest BCUT2D eigenvalue weighted by Gasteiger charge is 2.36. The van der Waals surface area contributed by atoms with Crippen molar-refractivity contribution in [3.63, 3.8) is 0 Å². The Hall–Kier alpha value is -2.96. The first kappa shape index (κ1) is 18.8. The summed E-state index contributed by atoms with van der Waals surface area (Å²) in [4.78, 5) is 20.0. The predicted octanol–water partition coefficient (Wildman–Crippen LogP) is 1.89. The number of aryl methyl sites for hydroxylation is 1. The third-order valence-electron chi connectivity index (χ3n) is 4.04. The smallest absolute Gasteiger partial charge is 0.415 e. The number of piperidine rings is 1. The maximum Gasteiger partial charge on any atom is 0.435 e. The molecule has 0 aromatic carbocycles. The van der Waals surface area contributed by atoms with Crippen LogP contribution in [-0.2, 0) is 13.2 Å². The number of alkyl halides is 3. The molecule has 1 aliphatic rings. The van der Waals surface area contributed by atoms with Crippen LogP contribution in [-0.4, -0.2) is 49.0 Å². The number of aromatic nitrogens is 4. The summed E-state index contributed by atoms with van der Waals surface area (Å²) in [6, 6.07) is 0.628. The third-order valence-corrected chi connectivity index (χ3v) is 4.04. The van der Waals surface area contributed by atoms with Gasteiger partial charge in [-0.2, -0.15) is 23.3 Å². The van der Waals surface area contributed by atoms with E-state index in [0.29, 0.717) is 32.0 Å². The Kier molecular flexibility index (Phi) is 4.87. The van der Waals surface area contributed by atoms with Gasteiger partial charge in [0.2, 0.25) is 11.7 Å².